The summed E-state index contributed by atoms with van der Waals surface area (Å²) in [5.74, 6) is -0.198. The van der Waals surface area contributed by atoms with Crippen molar-refractivity contribution in [2.45, 2.75) is 4.90 Å². The molecular formula is C21H18ClN3O5S. The first-order valence-corrected chi connectivity index (χ1v) is 10.7. The molecule has 3 aromatic rings. The van der Waals surface area contributed by atoms with Crippen LogP contribution < -0.4 is 14.9 Å². The van der Waals surface area contributed by atoms with Crippen LogP contribution in [0.15, 0.2) is 76.7 Å². The SMILES string of the molecule is COc1cc(C=NNC(=O)c2ccc(NS(=O)(=O)c3ccc(Cl)cc3)cc2)ccc1O. The maximum absolute atomic E-state index is 12.4. The smallest absolute Gasteiger partial charge is 0.271 e. The number of phenolic OH excluding ortho intramolecular Hbond substituents is 1. The van der Waals surface area contributed by atoms with Gasteiger partial charge in [-0.05, 0) is 72.3 Å². The molecule has 0 aliphatic rings. The van der Waals surface area contributed by atoms with Crippen molar-refractivity contribution in [3.05, 3.63) is 82.9 Å². The van der Waals surface area contributed by atoms with Gasteiger partial charge in [-0.2, -0.15) is 5.10 Å². The topological polar surface area (TPSA) is 117 Å². The van der Waals surface area contributed by atoms with Gasteiger partial charge in [0.15, 0.2) is 11.5 Å². The lowest BCUT2D eigenvalue weighted by atomic mass is 10.2. The van der Waals surface area contributed by atoms with E-state index in [1.165, 1.54) is 67.9 Å². The first-order valence-electron chi connectivity index (χ1n) is 8.87. The van der Waals surface area contributed by atoms with Crippen molar-refractivity contribution in [1.29, 1.82) is 0 Å². The largest absolute Gasteiger partial charge is 0.504 e. The number of hydrogen-bond acceptors (Lipinski definition) is 6. The molecule has 0 bridgehead atoms. The molecule has 1 amide bonds. The first-order chi connectivity index (χ1) is 14.8. The van der Waals surface area contributed by atoms with Gasteiger partial charge in [0.25, 0.3) is 15.9 Å². The molecular weight excluding hydrogens is 442 g/mol. The van der Waals surface area contributed by atoms with Crippen LogP contribution in [0.5, 0.6) is 11.5 Å². The standard InChI is InChI=1S/C21H18ClN3O5S/c1-30-20-12-14(2-11-19(20)26)13-23-24-21(27)15-3-7-17(8-4-15)25-31(28,29)18-9-5-16(22)6-10-18/h2-13,25-26H,1H3,(H,24,27). The number of phenols is 1. The Balaban J connectivity index is 1.63. The lowest BCUT2D eigenvalue weighted by Crippen LogP contribution is -2.18. The zero-order valence-electron chi connectivity index (χ0n) is 16.2. The van der Waals surface area contributed by atoms with Gasteiger partial charge in [0.1, 0.15) is 0 Å². The molecule has 0 unspecified atom stereocenters. The van der Waals surface area contributed by atoms with E-state index in [2.05, 4.69) is 15.2 Å². The van der Waals surface area contributed by atoms with Gasteiger partial charge in [0.2, 0.25) is 0 Å². The quantitative estimate of drug-likeness (QED) is 0.368. The van der Waals surface area contributed by atoms with Crippen LogP contribution in [-0.4, -0.2) is 32.8 Å². The molecule has 0 heterocycles. The molecule has 160 valence electrons. The molecule has 10 heteroatoms. The number of carbonyl (C=O) groups excluding carboxylic acids is 1. The number of anilines is 1. The zero-order valence-corrected chi connectivity index (χ0v) is 17.8. The highest BCUT2D eigenvalue weighted by molar-refractivity contribution is 7.92. The number of amides is 1. The summed E-state index contributed by atoms with van der Waals surface area (Å²) in [5, 5.41) is 13.9. The Morgan fingerprint density at radius 3 is 2.39 bits per heavy atom. The molecule has 3 aromatic carbocycles. The lowest BCUT2D eigenvalue weighted by molar-refractivity contribution is 0.0955. The highest BCUT2D eigenvalue weighted by atomic mass is 35.5. The van der Waals surface area contributed by atoms with Crippen molar-refractivity contribution in [2.24, 2.45) is 5.10 Å². The number of benzene rings is 3. The summed E-state index contributed by atoms with van der Waals surface area (Å²) in [6, 6.07) is 16.3. The summed E-state index contributed by atoms with van der Waals surface area (Å²) in [4.78, 5) is 12.3. The number of sulfonamides is 1. The van der Waals surface area contributed by atoms with Crippen molar-refractivity contribution < 1.29 is 23.1 Å². The van der Waals surface area contributed by atoms with Crippen molar-refractivity contribution in [3.8, 4) is 11.5 Å². The van der Waals surface area contributed by atoms with Gasteiger partial charge in [0.05, 0.1) is 18.2 Å². The molecule has 0 radical (unpaired) electrons. The second kappa shape index (κ2) is 9.50. The van der Waals surface area contributed by atoms with Crippen molar-refractivity contribution in [1.82, 2.24) is 5.43 Å². The summed E-state index contributed by atoms with van der Waals surface area (Å²) >= 11 is 5.78. The summed E-state index contributed by atoms with van der Waals surface area (Å²) in [7, 11) is -2.35. The maximum Gasteiger partial charge on any atom is 0.271 e. The molecule has 0 atom stereocenters. The number of halogens is 1. The van der Waals surface area contributed by atoms with E-state index in [-0.39, 0.29) is 22.0 Å². The number of carbonyl (C=O) groups is 1. The fraction of sp³-hybridized carbons (Fsp3) is 0.0476. The molecule has 0 spiro atoms. The average molecular weight is 460 g/mol. The molecule has 0 fully saturated rings. The third-order valence-electron chi connectivity index (χ3n) is 4.11. The maximum atomic E-state index is 12.4. The number of methoxy groups -OCH3 is 1. The van der Waals surface area contributed by atoms with Crippen LogP contribution in [0, 0.1) is 0 Å². The molecule has 31 heavy (non-hydrogen) atoms. The van der Waals surface area contributed by atoms with Crippen LogP contribution in [0.4, 0.5) is 5.69 Å². The number of nitrogens with one attached hydrogen (secondary N) is 2. The van der Waals surface area contributed by atoms with Crippen LogP contribution in [0.3, 0.4) is 0 Å². The van der Waals surface area contributed by atoms with E-state index >= 15 is 0 Å². The van der Waals surface area contributed by atoms with Gasteiger partial charge in [-0.1, -0.05) is 11.6 Å². The average Bonchev–Trinajstić information content (AvgIpc) is 2.75. The van der Waals surface area contributed by atoms with Crippen molar-refractivity contribution >= 4 is 39.4 Å². The van der Waals surface area contributed by atoms with Gasteiger partial charge in [-0.3, -0.25) is 9.52 Å². The summed E-state index contributed by atoms with van der Waals surface area (Å²) in [5.41, 5.74) is 3.57. The van der Waals surface area contributed by atoms with Crippen molar-refractivity contribution in [3.63, 3.8) is 0 Å². The predicted octanol–water partition coefficient (Wildman–Crippen LogP) is 3.62. The number of hydrazone groups is 1. The Hall–Kier alpha value is -3.56. The Bertz CT molecular complexity index is 1210. The minimum absolute atomic E-state index is 0.00420. The highest BCUT2D eigenvalue weighted by Gasteiger charge is 2.14. The zero-order chi connectivity index (χ0) is 22.4. The van der Waals surface area contributed by atoms with Gasteiger partial charge in [-0.25, -0.2) is 13.8 Å². The normalized spacial score (nSPS) is 11.3. The van der Waals surface area contributed by atoms with Crippen LogP contribution >= 0.6 is 11.6 Å². The van der Waals surface area contributed by atoms with E-state index in [1.54, 1.807) is 12.1 Å². The summed E-state index contributed by atoms with van der Waals surface area (Å²) in [6.45, 7) is 0. The van der Waals surface area contributed by atoms with Crippen LogP contribution in [0.2, 0.25) is 5.02 Å². The summed E-state index contributed by atoms with van der Waals surface area (Å²) in [6.07, 6.45) is 1.40. The Kier molecular flexibility index (Phi) is 6.78. The second-order valence-electron chi connectivity index (χ2n) is 6.27. The van der Waals surface area contributed by atoms with Crippen LogP contribution in [0.25, 0.3) is 0 Å². The van der Waals surface area contributed by atoms with E-state index < -0.39 is 15.9 Å². The second-order valence-corrected chi connectivity index (χ2v) is 8.39. The number of rotatable bonds is 7. The number of hydrogen-bond donors (Lipinski definition) is 3. The molecule has 0 aliphatic carbocycles. The molecule has 8 nitrogen and oxygen atoms in total. The van der Waals surface area contributed by atoms with E-state index in [0.717, 1.165) is 0 Å². The van der Waals surface area contributed by atoms with E-state index in [0.29, 0.717) is 16.3 Å². The number of ether oxygens (including phenoxy) is 1. The highest BCUT2D eigenvalue weighted by Crippen LogP contribution is 2.25. The minimum Gasteiger partial charge on any atom is -0.504 e. The summed E-state index contributed by atoms with van der Waals surface area (Å²) < 4.78 is 32.2. The molecule has 3 N–H and O–H groups in total. The van der Waals surface area contributed by atoms with Crippen molar-refractivity contribution in [2.75, 3.05) is 11.8 Å². The Morgan fingerprint density at radius 1 is 1.06 bits per heavy atom. The predicted molar refractivity (Wildman–Crippen MR) is 118 cm³/mol. The third-order valence-corrected chi connectivity index (χ3v) is 5.76. The molecule has 0 aromatic heterocycles. The monoisotopic (exact) mass is 459 g/mol. The van der Waals surface area contributed by atoms with E-state index in [1.807, 2.05) is 0 Å². The van der Waals surface area contributed by atoms with Gasteiger partial charge in [-0.15, -0.1) is 0 Å². The van der Waals surface area contributed by atoms with Gasteiger partial charge in [0, 0.05) is 16.3 Å². The van der Waals surface area contributed by atoms with Gasteiger partial charge < -0.3 is 9.84 Å². The molecule has 3 rings (SSSR count). The first kappa shape index (κ1) is 22.1. The fourth-order valence-corrected chi connectivity index (χ4v) is 3.71. The van der Waals surface area contributed by atoms with E-state index in [9.17, 15) is 18.3 Å². The Morgan fingerprint density at radius 2 is 1.74 bits per heavy atom. The molecule has 0 saturated heterocycles. The fourth-order valence-electron chi connectivity index (χ4n) is 2.52. The number of nitrogens with zero attached hydrogens (tertiary/aromatic N) is 1. The number of aromatic hydroxyl groups is 1. The van der Waals surface area contributed by atoms with Crippen LogP contribution in [0.1, 0.15) is 15.9 Å². The van der Waals surface area contributed by atoms with E-state index in [4.69, 9.17) is 16.3 Å². The minimum atomic E-state index is -3.78. The molecule has 0 saturated carbocycles. The Labute approximate surface area is 184 Å². The third kappa shape index (κ3) is 5.74. The molecule has 0 aliphatic heterocycles. The van der Waals surface area contributed by atoms with Gasteiger partial charge >= 0.3 is 0 Å². The lowest BCUT2D eigenvalue weighted by Gasteiger charge is -2.09. The van der Waals surface area contributed by atoms with Crippen LogP contribution in [-0.2, 0) is 10.0 Å².